The van der Waals surface area contributed by atoms with E-state index in [2.05, 4.69) is 5.32 Å². The van der Waals surface area contributed by atoms with Gasteiger partial charge in [0, 0.05) is 6.04 Å². The second-order valence-electron chi connectivity index (χ2n) is 7.19. The lowest BCUT2D eigenvalue weighted by Gasteiger charge is -2.22. The zero-order valence-corrected chi connectivity index (χ0v) is 15.5. The van der Waals surface area contributed by atoms with E-state index in [9.17, 15) is 19.2 Å². The number of urea groups is 1. The highest BCUT2D eigenvalue weighted by atomic mass is 16.2. The Bertz CT molecular complexity index is 726. The van der Waals surface area contributed by atoms with Gasteiger partial charge >= 0.3 is 17.8 Å². The Kier molecular flexibility index (Phi) is 5.88. The summed E-state index contributed by atoms with van der Waals surface area (Å²) in [6.07, 6.45) is 6.26. The average molecular weight is 371 g/mol. The van der Waals surface area contributed by atoms with Crippen LogP contribution >= 0.6 is 0 Å². The summed E-state index contributed by atoms with van der Waals surface area (Å²) in [4.78, 5) is 51.3. The zero-order chi connectivity index (χ0) is 19.4. The van der Waals surface area contributed by atoms with E-state index < -0.39 is 36.3 Å². The third-order valence-corrected chi connectivity index (χ3v) is 5.28. The van der Waals surface area contributed by atoms with Gasteiger partial charge in [0.15, 0.2) is 0 Å². The van der Waals surface area contributed by atoms with Crippen molar-refractivity contribution in [2.75, 3.05) is 6.54 Å². The van der Waals surface area contributed by atoms with Crippen molar-refractivity contribution in [3.05, 3.63) is 35.9 Å². The van der Waals surface area contributed by atoms with E-state index in [1.54, 1.807) is 31.2 Å². The first kappa shape index (κ1) is 19.1. The summed E-state index contributed by atoms with van der Waals surface area (Å²) < 4.78 is 0. The number of hydrogen-bond donors (Lipinski definition) is 1. The van der Waals surface area contributed by atoms with Crippen LogP contribution in [0.5, 0.6) is 0 Å². The van der Waals surface area contributed by atoms with Crippen molar-refractivity contribution in [1.29, 1.82) is 0 Å². The molecule has 0 spiro atoms. The molecule has 0 bridgehead atoms. The highest BCUT2D eigenvalue weighted by Crippen LogP contribution is 2.26. The fourth-order valence-electron chi connectivity index (χ4n) is 3.72. The molecule has 1 heterocycles. The Labute approximate surface area is 158 Å². The predicted octanol–water partition coefficient (Wildman–Crippen LogP) is 2.38. The van der Waals surface area contributed by atoms with Crippen LogP contribution in [0.4, 0.5) is 4.79 Å². The number of carbonyl (C=O) groups is 4. The Morgan fingerprint density at radius 3 is 2.30 bits per heavy atom. The minimum atomic E-state index is -0.946. The Morgan fingerprint density at radius 2 is 1.67 bits per heavy atom. The van der Waals surface area contributed by atoms with Gasteiger partial charge in [-0.15, -0.1) is 0 Å². The fraction of sp³-hybridized carbons (Fsp3) is 0.500. The summed E-state index contributed by atoms with van der Waals surface area (Å²) >= 11 is 0. The normalized spacial score (nSPS) is 20.0. The molecule has 2 aliphatic rings. The molecule has 1 aliphatic carbocycles. The molecular formula is C20H25N3O4. The van der Waals surface area contributed by atoms with Crippen LogP contribution in [0.25, 0.3) is 0 Å². The van der Waals surface area contributed by atoms with Crippen LogP contribution < -0.4 is 5.32 Å². The molecule has 144 valence electrons. The number of hydrogen-bond acceptors (Lipinski definition) is 4. The second kappa shape index (κ2) is 8.33. The summed E-state index contributed by atoms with van der Waals surface area (Å²) in [5.74, 6) is -2.23. The molecule has 1 saturated heterocycles. The molecule has 1 aromatic carbocycles. The molecule has 7 heteroatoms. The fourth-order valence-corrected chi connectivity index (χ4v) is 3.72. The summed E-state index contributed by atoms with van der Waals surface area (Å²) in [7, 11) is 0. The number of nitrogens with one attached hydrogen (secondary N) is 1. The van der Waals surface area contributed by atoms with Crippen LogP contribution in [0.15, 0.2) is 30.3 Å². The van der Waals surface area contributed by atoms with Gasteiger partial charge in [0.2, 0.25) is 5.91 Å². The predicted molar refractivity (Wildman–Crippen MR) is 98.4 cm³/mol. The number of benzene rings is 1. The maximum absolute atomic E-state index is 12.7. The highest BCUT2D eigenvalue weighted by molar-refractivity contribution is 6.45. The highest BCUT2D eigenvalue weighted by Gasteiger charge is 2.47. The first-order chi connectivity index (χ1) is 13.0. The third kappa shape index (κ3) is 4.18. The minimum absolute atomic E-state index is 0.0721. The monoisotopic (exact) mass is 371 g/mol. The van der Waals surface area contributed by atoms with Gasteiger partial charge in [-0.2, -0.15) is 0 Å². The van der Waals surface area contributed by atoms with E-state index in [0.29, 0.717) is 0 Å². The van der Waals surface area contributed by atoms with E-state index in [-0.39, 0.29) is 6.04 Å². The van der Waals surface area contributed by atoms with Crippen LogP contribution in [0.2, 0.25) is 0 Å². The first-order valence-electron chi connectivity index (χ1n) is 9.52. The Hall–Kier alpha value is -2.70. The van der Waals surface area contributed by atoms with Gasteiger partial charge < -0.3 is 5.32 Å². The summed E-state index contributed by atoms with van der Waals surface area (Å²) in [6, 6.07) is 7.77. The molecule has 0 aromatic heterocycles. The average Bonchev–Trinajstić information content (AvgIpc) is 2.85. The number of imide groups is 2. The van der Waals surface area contributed by atoms with Gasteiger partial charge in [-0.1, -0.05) is 56.0 Å². The molecule has 2 fully saturated rings. The molecular weight excluding hydrogens is 346 g/mol. The number of amides is 5. The quantitative estimate of drug-likeness (QED) is 0.489. The topological polar surface area (TPSA) is 86.8 Å². The lowest BCUT2D eigenvalue weighted by Crippen LogP contribution is -2.44. The van der Waals surface area contributed by atoms with Gasteiger partial charge in [0.05, 0.1) is 6.04 Å². The molecule has 5 amide bonds. The van der Waals surface area contributed by atoms with Crippen molar-refractivity contribution >= 4 is 23.8 Å². The zero-order valence-electron chi connectivity index (χ0n) is 15.5. The van der Waals surface area contributed by atoms with Crippen molar-refractivity contribution in [3.8, 4) is 0 Å². The van der Waals surface area contributed by atoms with Crippen molar-refractivity contribution in [1.82, 2.24) is 15.1 Å². The van der Waals surface area contributed by atoms with Gasteiger partial charge in [0.1, 0.15) is 6.54 Å². The van der Waals surface area contributed by atoms with Crippen molar-refractivity contribution < 1.29 is 19.2 Å². The van der Waals surface area contributed by atoms with E-state index in [1.165, 1.54) is 0 Å². The summed E-state index contributed by atoms with van der Waals surface area (Å²) in [5, 5.41) is 2.90. The smallest absolute Gasteiger partial charge is 0.335 e. The molecule has 1 unspecified atom stereocenters. The molecule has 1 aromatic rings. The molecule has 1 N–H and O–H groups in total. The molecule has 27 heavy (non-hydrogen) atoms. The molecule has 1 aliphatic heterocycles. The van der Waals surface area contributed by atoms with Crippen LogP contribution in [0, 0.1) is 0 Å². The van der Waals surface area contributed by atoms with Crippen LogP contribution in [0.1, 0.15) is 57.1 Å². The van der Waals surface area contributed by atoms with E-state index in [4.69, 9.17) is 0 Å². The van der Waals surface area contributed by atoms with E-state index >= 15 is 0 Å². The molecule has 1 saturated carbocycles. The Balaban J connectivity index is 1.66. The molecule has 1 atom stereocenters. The number of rotatable bonds is 5. The number of nitrogens with zero attached hydrogens (tertiary/aromatic N) is 2. The van der Waals surface area contributed by atoms with Gasteiger partial charge in [0.25, 0.3) is 0 Å². The standard InChI is InChI=1S/C20H25N3O4/c1-14(15-9-5-4-6-10-15)23-19(26)18(25)22(20(23)27)13-17(24)21-16-11-7-2-3-8-12-16/h4-6,9-10,14,16H,2-3,7-8,11-13H2,1H3,(H,21,24). The lowest BCUT2D eigenvalue weighted by molar-refractivity contribution is -0.144. The summed E-state index contributed by atoms with van der Waals surface area (Å²) in [5.41, 5.74) is 0.747. The van der Waals surface area contributed by atoms with Crippen molar-refractivity contribution in [2.24, 2.45) is 0 Å². The molecule has 3 rings (SSSR count). The molecule has 0 radical (unpaired) electrons. The number of carbonyl (C=O) groups excluding carboxylic acids is 4. The Morgan fingerprint density at radius 1 is 1.04 bits per heavy atom. The van der Waals surface area contributed by atoms with E-state index in [0.717, 1.165) is 53.9 Å². The van der Waals surface area contributed by atoms with Crippen molar-refractivity contribution in [3.63, 3.8) is 0 Å². The molecule has 7 nitrogen and oxygen atoms in total. The second-order valence-corrected chi connectivity index (χ2v) is 7.19. The van der Waals surface area contributed by atoms with Gasteiger partial charge in [-0.25, -0.2) is 14.6 Å². The van der Waals surface area contributed by atoms with Gasteiger partial charge in [-0.05, 0) is 25.3 Å². The van der Waals surface area contributed by atoms with Gasteiger partial charge in [-0.3, -0.25) is 14.4 Å². The SMILES string of the molecule is CC(c1ccccc1)N1C(=O)C(=O)N(CC(=O)NC2CCCCCC2)C1=O. The summed E-state index contributed by atoms with van der Waals surface area (Å²) in [6.45, 7) is 1.27. The first-order valence-corrected chi connectivity index (χ1v) is 9.52. The van der Waals surface area contributed by atoms with Crippen molar-refractivity contribution in [2.45, 2.75) is 57.5 Å². The largest absolute Gasteiger partial charge is 0.352 e. The minimum Gasteiger partial charge on any atom is -0.352 e. The van der Waals surface area contributed by atoms with Crippen LogP contribution in [0.3, 0.4) is 0 Å². The van der Waals surface area contributed by atoms with E-state index in [1.807, 2.05) is 6.07 Å². The maximum atomic E-state index is 12.7. The third-order valence-electron chi connectivity index (χ3n) is 5.28. The lowest BCUT2D eigenvalue weighted by atomic mass is 10.1. The van der Waals surface area contributed by atoms with Crippen LogP contribution in [-0.4, -0.2) is 46.1 Å². The van der Waals surface area contributed by atoms with Crippen LogP contribution in [-0.2, 0) is 14.4 Å². The maximum Gasteiger partial charge on any atom is 0.335 e.